The van der Waals surface area contributed by atoms with Gasteiger partial charge in [0, 0.05) is 11.7 Å². The Labute approximate surface area is 181 Å². The molecule has 1 saturated carbocycles. The number of nitriles is 1. The van der Waals surface area contributed by atoms with E-state index in [1.54, 1.807) is 24.3 Å². The smallest absolute Gasteiger partial charge is 0.344 e. The summed E-state index contributed by atoms with van der Waals surface area (Å²) in [5, 5.41) is 12.4. The van der Waals surface area contributed by atoms with E-state index in [1.807, 2.05) is 18.4 Å². The first-order chi connectivity index (χ1) is 15.0. The molecule has 1 aromatic heterocycles. The monoisotopic (exact) mass is 425 g/mol. The number of hydrogen-bond donors (Lipinski definition) is 1. The summed E-state index contributed by atoms with van der Waals surface area (Å²) in [4.78, 5) is 24.5. The fraction of sp³-hybridized carbons (Fsp3) is 0.435. The molecule has 0 atom stereocenters. The van der Waals surface area contributed by atoms with Gasteiger partial charge in [-0.3, -0.25) is 4.79 Å². The Morgan fingerprint density at radius 3 is 2.48 bits per heavy atom. The topological polar surface area (TPSA) is 103 Å². The first kappa shape index (κ1) is 22.2. The second kappa shape index (κ2) is 10.0. The molecule has 164 valence electrons. The zero-order chi connectivity index (χ0) is 22.4. The fourth-order valence-corrected chi connectivity index (χ4v) is 3.94. The lowest BCUT2D eigenvalue weighted by molar-refractivity contribution is -0.149. The third kappa shape index (κ3) is 5.00. The molecule has 0 bridgehead atoms. The first-order valence-corrected chi connectivity index (χ1v) is 10.3. The summed E-state index contributed by atoms with van der Waals surface area (Å²) in [6.07, 6.45) is 4.27. The van der Waals surface area contributed by atoms with Crippen molar-refractivity contribution in [1.29, 1.82) is 5.26 Å². The van der Waals surface area contributed by atoms with Crippen molar-refractivity contribution in [3.8, 4) is 17.6 Å². The molecule has 1 heterocycles. The molecule has 0 spiro atoms. The lowest BCUT2D eigenvalue weighted by atomic mass is 10.2. The van der Waals surface area contributed by atoms with E-state index in [1.165, 1.54) is 7.11 Å². The average Bonchev–Trinajstić information content (AvgIpc) is 3.38. The number of ether oxygens (including phenoxy) is 3. The predicted octanol–water partition coefficient (Wildman–Crippen LogP) is 3.66. The lowest BCUT2D eigenvalue weighted by Gasteiger charge is -2.19. The molecule has 1 N–H and O–H groups in total. The van der Waals surface area contributed by atoms with Gasteiger partial charge in [-0.1, -0.05) is 25.0 Å². The first-order valence-electron chi connectivity index (χ1n) is 10.3. The summed E-state index contributed by atoms with van der Waals surface area (Å²) in [6.45, 7) is 3.02. The van der Waals surface area contributed by atoms with E-state index >= 15 is 0 Å². The molecule has 1 amide bonds. The van der Waals surface area contributed by atoms with Gasteiger partial charge in [0.25, 0.3) is 5.91 Å². The highest BCUT2D eigenvalue weighted by atomic mass is 16.6. The summed E-state index contributed by atoms with van der Waals surface area (Å²) < 4.78 is 17.6. The van der Waals surface area contributed by atoms with Crippen molar-refractivity contribution in [2.75, 3.05) is 25.6 Å². The molecule has 0 unspecified atom stereocenters. The minimum atomic E-state index is -0.680. The highest BCUT2D eigenvalue weighted by molar-refractivity contribution is 5.93. The van der Waals surface area contributed by atoms with Gasteiger partial charge in [0.2, 0.25) is 0 Å². The molecule has 0 aliphatic heterocycles. The number of benzene rings is 1. The molecule has 1 aliphatic carbocycles. The Balaban J connectivity index is 1.60. The molecule has 2 aromatic rings. The van der Waals surface area contributed by atoms with Gasteiger partial charge >= 0.3 is 5.97 Å². The largest absolute Gasteiger partial charge is 0.493 e. The van der Waals surface area contributed by atoms with Crippen molar-refractivity contribution >= 4 is 17.7 Å². The zero-order valence-corrected chi connectivity index (χ0v) is 18.1. The molecule has 0 saturated heterocycles. The minimum absolute atomic E-state index is 0.257. The highest BCUT2D eigenvalue weighted by Gasteiger charge is 2.26. The van der Waals surface area contributed by atoms with Crippen LogP contribution in [0.5, 0.6) is 11.5 Å². The van der Waals surface area contributed by atoms with E-state index in [2.05, 4.69) is 11.4 Å². The standard InChI is InChI=1S/C23H27N3O5/c1-15-16(2)26(17-8-4-5-9-17)23(18(15)12-24)25-21(27)13-31-22(28)14-30-20-11-7-6-10-19(20)29-3/h6-7,10-11,17H,4-5,8-9,13-14H2,1-3H3,(H,25,27). The summed E-state index contributed by atoms with van der Waals surface area (Å²) in [5.41, 5.74) is 2.27. The molecule has 3 rings (SSSR count). The molecule has 8 nitrogen and oxygen atoms in total. The van der Waals surface area contributed by atoms with Crippen molar-refractivity contribution in [3.63, 3.8) is 0 Å². The van der Waals surface area contributed by atoms with Gasteiger partial charge in [-0.15, -0.1) is 0 Å². The van der Waals surface area contributed by atoms with E-state index in [9.17, 15) is 14.9 Å². The maximum Gasteiger partial charge on any atom is 0.344 e. The molecular weight excluding hydrogens is 398 g/mol. The van der Waals surface area contributed by atoms with Crippen LogP contribution in [0.2, 0.25) is 0 Å². The molecule has 31 heavy (non-hydrogen) atoms. The Kier molecular flexibility index (Phi) is 7.19. The molecule has 1 fully saturated rings. The van der Waals surface area contributed by atoms with Crippen molar-refractivity contribution in [3.05, 3.63) is 41.1 Å². The maximum atomic E-state index is 12.5. The number of nitrogens with one attached hydrogen (secondary N) is 1. The average molecular weight is 425 g/mol. The quantitative estimate of drug-likeness (QED) is 0.648. The van der Waals surface area contributed by atoms with Crippen LogP contribution in [0.4, 0.5) is 5.82 Å². The van der Waals surface area contributed by atoms with Crippen molar-refractivity contribution in [2.45, 2.75) is 45.6 Å². The van der Waals surface area contributed by atoms with E-state index in [0.29, 0.717) is 22.9 Å². The number of nitrogens with zero attached hydrogens (tertiary/aromatic N) is 2. The van der Waals surface area contributed by atoms with Crippen LogP contribution in [0.15, 0.2) is 24.3 Å². The van der Waals surface area contributed by atoms with Gasteiger partial charge in [0.1, 0.15) is 11.9 Å². The predicted molar refractivity (Wildman–Crippen MR) is 114 cm³/mol. The van der Waals surface area contributed by atoms with E-state index in [0.717, 1.165) is 36.9 Å². The summed E-state index contributed by atoms with van der Waals surface area (Å²) in [7, 11) is 1.51. The van der Waals surface area contributed by atoms with Crippen LogP contribution in [-0.4, -0.2) is 36.8 Å². The number of methoxy groups -OCH3 is 1. The van der Waals surface area contributed by atoms with Gasteiger partial charge in [-0.25, -0.2) is 4.79 Å². The van der Waals surface area contributed by atoms with Crippen LogP contribution in [0.3, 0.4) is 0 Å². The fourth-order valence-electron chi connectivity index (χ4n) is 3.94. The number of carbonyl (C=O) groups is 2. The normalized spacial score (nSPS) is 13.5. The number of anilines is 1. The Morgan fingerprint density at radius 1 is 1.16 bits per heavy atom. The van der Waals surface area contributed by atoms with Gasteiger partial charge in [0.15, 0.2) is 24.7 Å². The van der Waals surface area contributed by atoms with Gasteiger partial charge < -0.3 is 24.1 Å². The molecule has 0 radical (unpaired) electrons. The van der Waals surface area contributed by atoms with Crippen molar-refractivity contribution in [2.24, 2.45) is 0 Å². The Morgan fingerprint density at radius 2 is 1.84 bits per heavy atom. The Bertz CT molecular complexity index is 999. The lowest BCUT2D eigenvalue weighted by Crippen LogP contribution is -2.25. The number of carbonyl (C=O) groups excluding carboxylic acids is 2. The van der Waals surface area contributed by atoms with E-state index in [4.69, 9.17) is 14.2 Å². The third-order valence-electron chi connectivity index (χ3n) is 5.60. The van der Waals surface area contributed by atoms with Crippen LogP contribution >= 0.6 is 0 Å². The molecule has 1 aliphatic rings. The number of rotatable bonds is 8. The van der Waals surface area contributed by atoms with Crippen molar-refractivity contribution < 1.29 is 23.8 Å². The SMILES string of the molecule is COc1ccccc1OCC(=O)OCC(=O)Nc1c(C#N)c(C)c(C)n1C1CCCC1. The van der Waals surface area contributed by atoms with Gasteiger partial charge in [0.05, 0.1) is 12.7 Å². The van der Waals surface area contributed by atoms with Gasteiger partial charge in [-0.2, -0.15) is 5.26 Å². The number of para-hydroxylation sites is 2. The van der Waals surface area contributed by atoms with Crippen LogP contribution < -0.4 is 14.8 Å². The Hall–Kier alpha value is -3.47. The zero-order valence-electron chi connectivity index (χ0n) is 18.1. The van der Waals surface area contributed by atoms with Crippen LogP contribution in [0.25, 0.3) is 0 Å². The minimum Gasteiger partial charge on any atom is -0.493 e. The number of hydrogen-bond acceptors (Lipinski definition) is 6. The van der Waals surface area contributed by atoms with Crippen LogP contribution in [-0.2, 0) is 14.3 Å². The molecule has 8 heteroatoms. The second-order valence-electron chi connectivity index (χ2n) is 7.50. The summed E-state index contributed by atoms with van der Waals surface area (Å²) in [5.74, 6) is 0.204. The third-order valence-corrected chi connectivity index (χ3v) is 5.60. The van der Waals surface area contributed by atoms with E-state index < -0.39 is 18.5 Å². The summed E-state index contributed by atoms with van der Waals surface area (Å²) in [6, 6.07) is 9.38. The number of esters is 1. The molecule has 1 aromatic carbocycles. The van der Waals surface area contributed by atoms with E-state index in [-0.39, 0.29) is 12.6 Å². The second-order valence-corrected chi connectivity index (χ2v) is 7.50. The van der Waals surface area contributed by atoms with Crippen molar-refractivity contribution in [1.82, 2.24) is 4.57 Å². The van der Waals surface area contributed by atoms with Crippen LogP contribution in [0, 0.1) is 25.2 Å². The van der Waals surface area contributed by atoms with Crippen LogP contribution in [0.1, 0.15) is 48.5 Å². The molecular formula is C23H27N3O5. The number of aromatic nitrogens is 1. The maximum absolute atomic E-state index is 12.5. The number of amides is 1. The highest BCUT2D eigenvalue weighted by Crippen LogP contribution is 2.37. The summed E-state index contributed by atoms with van der Waals surface area (Å²) >= 11 is 0. The van der Waals surface area contributed by atoms with Gasteiger partial charge in [-0.05, 0) is 44.4 Å².